The van der Waals surface area contributed by atoms with E-state index in [2.05, 4.69) is 10.9 Å². The van der Waals surface area contributed by atoms with Gasteiger partial charge < -0.3 is 10.0 Å². The molecule has 2 fully saturated rings. The maximum atomic E-state index is 12.1. The van der Waals surface area contributed by atoms with Gasteiger partial charge in [0.1, 0.15) is 5.75 Å². The van der Waals surface area contributed by atoms with Gasteiger partial charge in [0.15, 0.2) is 0 Å². The summed E-state index contributed by atoms with van der Waals surface area (Å²) >= 11 is 0. The Morgan fingerprint density at radius 3 is 2.25 bits per heavy atom. The summed E-state index contributed by atoms with van der Waals surface area (Å²) in [5, 5.41) is 9.61. The molecule has 1 saturated carbocycles. The SMILES string of the molecule is O=C(NNC(=O)C1CCN(C(=O)C2CC2)CC1)c1ccccc1O. The molecule has 0 aromatic heterocycles. The standard InChI is InChI=1S/C17H21N3O4/c21-14-4-2-1-3-13(14)16(23)19-18-15(22)11-7-9-20(10-8-11)17(24)12-5-6-12/h1-4,11-12,21H,5-10H2,(H,18,22)(H,19,23). The summed E-state index contributed by atoms with van der Waals surface area (Å²) in [6.07, 6.45) is 3.16. The van der Waals surface area contributed by atoms with Crippen LogP contribution in [0, 0.1) is 11.8 Å². The average Bonchev–Trinajstić information content (AvgIpc) is 3.44. The van der Waals surface area contributed by atoms with Gasteiger partial charge in [-0.05, 0) is 37.8 Å². The number of para-hydroxylation sites is 1. The number of amides is 3. The third-order valence-corrected chi connectivity index (χ3v) is 4.55. The molecule has 0 atom stereocenters. The first-order chi connectivity index (χ1) is 11.6. The second-order valence-corrected chi connectivity index (χ2v) is 6.33. The Morgan fingerprint density at radius 2 is 1.62 bits per heavy atom. The van der Waals surface area contributed by atoms with Crippen LogP contribution >= 0.6 is 0 Å². The van der Waals surface area contributed by atoms with E-state index in [1.807, 2.05) is 4.90 Å². The Bertz CT molecular complexity index is 649. The molecule has 0 spiro atoms. The zero-order chi connectivity index (χ0) is 17.1. The smallest absolute Gasteiger partial charge is 0.273 e. The summed E-state index contributed by atoms with van der Waals surface area (Å²) in [4.78, 5) is 37.9. The van der Waals surface area contributed by atoms with Crippen LogP contribution in [0.2, 0.25) is 0 Å². The number of benzene rings is 1. The molecule has 128 valence electrons. The summed E-state index contributed by atoms with van der Waals surface area (Å²) in [5.74, 6) is -0.788. The van der Waals surface area contributed by atoms with E-state index in [0.717, 1.165) is 12.8 Å². The van der Waals surface area contributed by atoms with Gasteiger partial charge in [-0.15, -0.1) is 0 Å². The number of nitrogens with zero attached hydrogens (tertiary/aromatic N) is 1. The maximum Gasteiger partial charge on any atom is 0.273 e. The fourth-order valence-corrected chi connectivity index (χ4v) is 2.90. The van der Waals surface area contributed by atoms with Gasteiger partial charge >= 0.3 is 0 Å². The number of rotatable bonds is 3. The van der Waals surface area contributed by atoms with Crippen LogP contribution in [0.3, 0.4) is 0 Å². The van der Waals surface area contributed by atoms with Crippen molar-refractivity contribution in [1.29, 1.82) is 0 Å². The molecule has 1 heterocycles. The Kier molecular flexibility index (Phi) is 4.69. The molecule has 7 nitrogen and oxygen atoms in total. The van der Waals surface area contributed by atoms with Gasteiger partial charge in [-0.25, -0.2) is 0 Å². The molecule has 1 aromatic carbocycles. The summed E-state index contributed by atoms with van der Waals surface area (Å²) in [5.41, 5.74) is 4.82. The lowest BCUT2D eigenvalue weighted by molar-refractivity contribution is -0.136. The first kappa shape index (κ1) is 16.3. The van der Waals surface area contributed by atoms with Gasteiger partial charge in [-0.2, -0.15) is 0 Å². The zero-order valence-corrected chi connectivity index (χ0v) is 13.3. The van der Waals surface area contributed by atoms with Crippen molar-refractivity contribution in [2.75, 3.05) is 13.1 Å². The van der Waals surface area contributed by atoms with Gasteiger partial charge in [-0.3, -0.25) is 25.2 Å². The summed E-state index contributed by atoms with van der Waals surface area (Å²) in [6.45, 7) is 1.17. The van der Waals surface area contributed by atoms with Crippen molar-refractivity contribution >= 4 is 17.7 Å². The quantitative estimate of drug-likeness (QED) is 0.714. The van der Waals surface area contributed by atoms with Crippen LogP contribution in [-0.2, 0) is 9.59 Å². The molecule has 0 radical (unpaired) electrons. The molecule has 3 amide bonds. The Labute approximate surface area is 140 Å². The van der Waals surface area contributed by atoms with Crippen LogP contribution in [0.5, 0.6) is 5.75 Å². The third kappa shape index (κ3) is 3.67. The highest BCUT2D eigenvalue weighted by molar-refractivity contribution is 5.97. The molecule has 1 saturated heterocycles. The van der Waals surface area contributed by atoms with E-state index in [0.29, 0.717) is 25.9 Å². The summed E-state index contributed by atoms with van der Waals surface area (Å²) in [6, 6.07) is 6.12. The van der Waals surface area contributed by atoms with Gasteiger partial charge in [-0.1, -0.05) is 12.1 Å². The molecular formula is C17H21N3O4. The number of hydrogen-bond acceptors (Lipinski definition) is 4. The fourth-order valence-electron chi connectivity index (χ4n) is 2.90. The molecule has 1 aliphatic carbocycles. The van der Waals surface area contributed by atoms with Crippen molar-refractivity contribution < 1.29 is 19.5 Å². The molecule has 1 aliphatic heterocycles. The predicted octanol–water partition coefficient (Wildman–Crippen LogP) is 0.802. The van der Waals surface area contributed by atoms with E-state index in [1.165, 1.54) is 12.1 Å². The van der Waals surface area contributed by atoms with Crippen LogP contribution in [-0.4, -0.2) is 40.8 Å². The summed E-state index contributed by atoms with van der Waals surface area (Å²) in [7, 11) is 0. The highest BCUT2D eigenvalue weighted by atomic mass is 16.3. The first-order valence-corrected chi connectivity index (χ1v) is 8.23. The van der Waals surface area contributed by atoms with Crippen molar-refractivity contribution in [2.45, 2.75) is 25.7 Å². The minimum atomic E-state index is -0.567. The van der Waals surface area contributed by atoms with Crippen molar-refractivity contribution in [1.82, 2.24) is 15.8 Å². The normalized spacial score (nSPS) is 18.1. The number of carbonyl (C=O) groups is 3. The second-order valence-electron chi connectivity index (χ2n) is 6.33. The lowest BCUT2D eigenvalue weighted by Crippen LogP contribution is -2.48. The van der Waals surface area contributed by atoms with Crippen LogP contribution in [0.1, 0.15) is 36.0 Å². The number of piperidine rings is 1. The van der Waals surface area contributed by atoms with E-state index >= 15 is 0 Å². The molecule has 2 aliphatic rings. The van der Waals surface area contributed by atoms with E-state index in [-0.39, 0.29) is 35.0 Å². The molecule has 0 unspecified atom stereocenters. The molecule has 1 aromatic rings. The van der Waals surface area contributed by atoms with Crippen molar-refractivity contribution in [3.8, 4) is 5.75 Å². The number of hydrazine groups is 1. The van der Waals surface area contributed by atoms with Crippen molar-refractivity contribution in [2.24, 2.45) is 11.8 Å². The van der Waals surface area contributed by atoms with Crippen LogP contribution in [0.15, 0.2) is 24.3 Å². The van der Waals surface area contributed by atoms with Crippen molar-refractivity contribution in [3.63, 3.8) is 0 Å². The molecule has 7 heteroatoms. The van der Waals surface area contributed by atoms with Crippen LogP contribution < -0.4 is 10.9 Å². The number of phenols is 1. The highest BCUT2D eigenvalue weighted by Gasteiger charge is 2.36. The minimum Gasteiger partial charge on any atom is -0.507 e. The van der Waals surface area contributed by atoms with Crippen LogP contribution in [0.4, 0.5) is 0 Å². The number of nitrogens with one attached hydrogen (secondary N) is 2. The minimum absolute atomic E-state index is 0.0997. The Morgan fingerprint density at radius 1 is 0.958 bits per heavy atom. The average molecular weight is 331 g/mol. The van der Waals surface area contributed by atoms with E-state index in [1.54, 1.807) is 12.1 Å². The van der Waals surface area contributed by atoms with E-state index in [4.69, 9.17) is 0 Å². The predicted molar refractivity (Wildman–Crippen MR) is 85.7 cm³/mol. The Balaban J connectivity index is 1.45. The maximum absolute atomic E-state index is 12.1. The number of phenolic OH excluding ortho intramolecular Hbond substituents is 1. The molecule has 3 N–H and O–H groups in total. The van der Waals surface area contributed by atoms with Gasteiger partial charge in [0.2, 0.25) is 11.8 Å². The molecule has 24 heavy (non-hydrogen) atoms. The van der Waals surface area contributed by atoms with E-state index in [9.17, 15) is 19.5 Å². The first-order valence-electron chi connectivity index (χ1n) is 8.23. The number of likely N-dealkylation sites (tertiary alicyclic amines) is 1. The highest BCUT2D eigenvalue weighted by Crippen LogP contribution is 2.32. The van der Waals surface area contributed by atoms with Gasteiger partial charge in [0.05, 0.1) is 5.56 Å². The largest absolute Gasteiger partial charge is 0.507 e. The number of carbonyl (C=O) groups excluding carboxylic acids is 3. The molecule has 3 rings (SSSR count). The fraction of sp³-hybridized carbons (Fsp3) is 0.471. The zero-order valence-electron chi connectivity index (χ0n) is 13.3. The number of aromatic hydroxyl groups is 1. The van der Waals surface area contributed by atoms with Gasteiger partial charge in [0, 0.05) is 24.9 Å². The second kappa shape index (κ2) is 6.90. The van der Waals surface area contributed by atoms with Gasteiger partial charge in [0.25, 0.3) is 5.91 Å². The molecular weight excluding hydrogens is 310 g/mol. The topological polar surface area (TPSA) is 98.7 Å². The molecule has 0 bridgehead atoms. The lowest BCUT2D eigenvalue weighted by atomic mass is 9.96. The summed E-state index contributed by atoms with van der Waals surface area (Å²) < 4.78 is 0. The van der Waals surface area contributed by atoms with E-state index < -0.39 is 5.91 Å². The van der Waals surface area contributed by atoms with Crippen LogP contribution in [0.25, 0.3) is 0 Å². The Hall–Kier alpha value is -2.57. The lowest BCUT2D eigenvalue weighted by Gasteiger charge is -2.31. The monoisotopic (exact) mass is 331 g/mol. The van der Waals surface area contributed by atoms with Crippen molar-refractivity contribution in [3.05, 3.63) is 29.8 Å². The number of hydrogen-bond donors (Lipinski definition) is 3. The third-order valence-electron chi connectivity index (χ3n) is 4.55.